The third kappa shape index (κ3) is 46.0. The van der Waals surface area contributed by atoms with Crippen molar-refractivity contribution in [3.8, 4) is 0 Å². The van der Waals surface area contributed by atoms with E-state index < -0.39 is 13.9 Å². The molecule has 0 aliphatic heterocycles. The molecule has 0 aromatic rings. The lowest BCUT2D eigenvalue weighted by atomic mass is 10.0. The number of nitrogens with two attached hydrogens (primary N) is 1. The summed E-state index contributed by atoms with van der Waals surface area (Å²) in [6.45, 7) is 4.30. The first-order chi connectivity index (χ1) is 27.9. The number of phosphoric ester groups is 1. The van der Waals surface area contributed by atoms with Gasteiger partial charge < -0.3 is 20.1 Å². The molecule has 0 rings (SSSR count). The van der Waals surface area contributed by atoms with Gasteiger partial charge in [0.05, 0.1) is 19.5 Å². The van der Waals surface area contributed by atoms with E-state index in [9.17, 15) is 14.3 Å². The van der Waals surface area contributed by atoms with E-state index in [2.05, 4.69) is 13.8 Å². The summed E-state index contributed by atoms with van der Waals surface area (Å²) in [7, 11) is -4.29. The van der Waals surface area contributed by atoms with Crippen molar-refractivity contribution >= 4 is 13.8 Å². The number of carbonyl (C=O) groups is 1. The zero-order valence-electron chi connectivity index (χ0n) is 37.9. The molecule has 0 aromatic carbocycles. The van der Waals surface area contributed by atoms with E-state index >= 15 is 0 Å². The number of rotatable bonds is 48. The Morgan fingerprint density at radius 1 is 0.526 bits per heavy atom. The van der Waals surface area contributed by atoms with Crippen molar-refractivity contribution in [1.29, 1.82) is 0 Å². The highest BCUT2D eigenvalue weighted by molar-refractivity contribution is 7.47. The highest BCUT2D eigenvalue weighted by Crippen LogP contribution is 2.43. The lowest BCUT2D eigenvalue weighted by molar-refractivity contribution is -0.153. The Balaban J connectivity index is 3.93. The second-order valence-electron chi connectivity index (χ2n) is 16.8. The van der Waals surface area contributed by atoms with Crippen LogP contribution in [-0.4, -0.2) is 43.3 Å². The summed E-state index contributed by atoms with van der Waals surface area (Å²) in [5, 5.41) is 0. The average Bonchev–Trinajstić information content (AvgIpc) is 3.20. The molecule has 9 heteroatoms. The minimum absolute atomic E-state index is 0.0389. The quantitative estimate of drug-likeness (QED) is 0.0269. The van der Waals surface area contributed by atoms with Gasteiger partial charge in [-0.05, 0) is 25.3 Å². The predicted molar refractivity (Wildman–Crippen MR) is 243 cm³/mol. The van der Waals surface area contributed by atoms with Gasteiger partial charge in [0, 0.05) is 13.0 Å². The molecule has 2 atom stereocenters. The Labute approximate surface area is 354 Å². The molecule has 0 saturated heterocycles. The van der Waals surface area contributed by atoms with Crippen molar-refractivity contribution < 1.29 is 32.8 Å². The number of hydrogen-bond acceptors (Lipinski definition) is 7. The molecule has 0 aromatic heterocycles. The fraction of sp³-hybridized carbons (Fsp3) is 0.938. The molecule has 0 saturated carbocycles. The van der Waals surface area contributed by atoms with Crippen molar-refractivity contribution in [3.63, 3.8) is 0 Å². The zero-order valence-corrected chi connectivity index (χ0v) is 38.7. The number of carbonyl (C=O) groups excluding carboxylic acids is 1. The van der Waals surface area contributed by atoms with Gasteiger partial charge in [-0.25, -0.2) is 4.57 Å². The Bertz CT molecular complexity index is 889. The topological polar surface area (TPSA) is 117 Å². The van der Waals surface area contributed by atoms with E-state index in [1.165, 1.54) is 205 Å². The largest absolute Gasteiger partial charge is 0.498 e. The van der Waals surface area contributed by atoms with Gasteiger partial charge in [0.25, 0.3) is 0 Å². The highest BCUT2D eigenvalue weighted by atomic mass is 31.2. The molecule has 0 amide bonds. The van der Waals surface area contributed by atoms with Crippen LogP contribution in [0.5, 0.6) is 0 Å². The maximum atomic E-state index is 12.6. The van der Waals surface area contributed by atoms with E-state index in [1.807, 2.05) is 6.08 Å². The van der Waals surface area contributed by atoms with Crippen molar-refractivity contribution in [3.05, 3.63) is 12.3 Å². The van der Waals surface area contributed by atoms with Crippen molar-refractivity contribution in [2.75, 3.05) is 26.4 Å². The summed E-state index contributed by atoms with van der Waals surface area (Å²) in [5.74, 6) is -0.345. The lowest BCUT2D eigenvalue weighted by Crippen LogP contribution is -2.27. The molecule has 0 heterocycles. The minimum Gasteiger partial charge on any atom is -0.498 e. The number of ether oxygens (including phenoxy) is 2. The molecule has 0 radical (unpaired) electrons. The fourth-order valence-electron chi connectivity index (χ4n) is 7.38. The van der Waals surface area contributed by atoms with Gasteiger partial charge in [-0.2, -0.15) is 0 Å². The summed E-state index contributed by atoms with van der Waals surface area (Å²) >= 11 is 0. The van der Waals surface area contributed by atoms with Gasteiger partial charge in [-0.3, -0.25) is 13.8 Å². The molecule has 340 valence electrons. The summed E-state index contributed by atoms with van der Waals surface area (Å²) in [5.41, 5.74) is 5.38. The molecular formula is C48H96NO7P. The van der Waals surface area contributed by atoms with Crippen LogP contribution in [-0.2, 0) is 27.9 Å². The first-order valence-corrected chi connectivity index (χ1v) is 26.2. The number of hydrogen-bond donors (Lipinski definition) is 2. The Morgan fingerprint density at radius 3 is 1.25 bits per heavy atom. The number of allylic oxidation sites excluding steroid dienone is 1. The summed E-state index contributed by atoms with van der Waals surface area (Å²) in [6.07, 6.45) is 51.9. The molecule has 57 heavy (non-hydrogen) atoms. The van der Waals surface area contributed by atoms with Gasteiger partial charge in [0.15, 0.2) is 6.10 Å². The molecule has 0 bridgehead atoms. The fourth-order valence-corrected chi connectivity index (χ4v) is 8.14. The third-order valence-corrected chi connectivity index (χ3v) is 12.0. The molecular weight excluding hydrogens is 734 g/mol. The van der Waals surface area contributed by atoms with E-state index in [0.29, 0.717) is 6.42 Å². The molecule has 0 aliphatic carbocycles. The van der Waals surface area contributed by atoms with Crippen LogP contribution in [0.1, 0.15) is 258 Å². The standard InChI is InChI=1S/C48H96NO7P/c1-3-5-7-9-11-13-15-17-19-21-22-23-24-25-26-27-29-31-33-35-37-39-41-48(50)56-47(46-55-57(51,52)54-44-42-49)45-53-43-40-38-36-34-32-30-28-20-18-16-14-12-10-8-6-4-2/h40,43,47H,3-39,41-42,44-46,49H2,1-2H3,(H,51,52)/b43-40+/t47-/m1/s1. The van der Waals surface area contributed by atoms with Crippen LogP contribution < -0.4 is 5.73 Å². The van der Waals surface area contributed by atoms with Crippen LogP contribution in [0.4, 0.5) is 0 Å². The molecule has 8 nitrogen and oxygen atoms in total. The number of unbranched alkanes of at least 4 members (excludes halogenated alkanes) is 35. The van der Waals surface area contributed by atoms with Crippen molar-refractivity contribution in [2.45, 2.75) is 264 Å². The average molecular weight is 830 g/mol. The van der Waals surface area contributed by atoms with Crippen LogP contribution in [0, 0.1) is 0 Å². The maximum absolute atomic E-state index is 12.6. The van der Waals surface area contributed by atoms with Crippen molar-refractivity contribution in [1.82, 2.24) is 0 Å². The smallest absolute Gasteiger partial charge is 0.472 e. The van der Waals surface area contributed by atoms with Crippen molar-refractivity contribution in [2.24, 2.45) is 5.73 Å². The predicted octanol–water partition coefficient (Wildman–Crippen LogP) is 15.4. The molecule has 0 fully saturated rings. The third-order valence-electron chi connectivity index (χ3n) is 11.0. The molecule has 1 unspecified atom stereocenters. The summed E-state index contributed by atoms with van der Waals surface area (Å²) < 4.78 is 33.3. The molecule has 0 spiro atoms. The highest BCUT2D eigenvalue weighted by Gasteiger charge is 2.25. The van der Waals surface area contributed by atoms with Crippen LogP contribution in [0.2, 0.25) is 0 Å². The molecule has 0 aliphatic rings. The zero-order chi connectivity index (χ0) is 41.6. The van der Waals surface area contributed by atoms with E-state index in [0.717, 1.165) is 32.1 Å². The summed E-state index contributed by atoms with van der Waals surface area (Å²) in [6, 6.07) is 0. The Morgan fingerprint density at radius 2 is 0.877 bits per heavy atom. The Kier molecular flexibility index (Phi) is 45.4. The van der Waals surface area contributed by atoms with Crippen LogP contribution in [0.25, 0.3) is 0 Å². The van der Waals surface area contributed by atoms with E-state index in [4.69, 9.17) is 24.3 Å². The molecule has 3 N–H and O–H groups in total. The number of phosphoric acid groups is 1. The number of esters is 1. The first-order valence-electron chi connectivity index (χ1n) is 24.7. The maximum Gasteiger partial charge on any atom is 0.472 e. The van der Waals surface area contributed by atoms with Crippen LogP contribution in [0.15, 0.2) is 12.3 Å². The van der Waals surface area contributed by atoms with Gasteiger partial charge in [-0.15, -0.1) is 0 Å². The SMILES string of the molecule is CCCCCCCCCCCCCCCC/C=C/OC[C@H](COP(=O)(O)OCCN)OC(=O)CCCCCCCCCCCCCCCCCCCCCCCC. The lowest BCUT2D eigenvalue weighted by Gasteiger charge is -2.19. The van der Waals surface area contributed by atoms with Gasteiger partial charge in [0.1, 0.15) is 6.61 Å². The summed E-state index contributed by atoms with van der Waals surface area (Å²) in [4.78, 5) is 22.5. The first kappa shape index (κ1) is 56.1. The van der Waals surface area contributed by atoms with Crippen LogP contribution in [0.3, 0.4) is 0 Å². The monoisotopic (exact) mass is 830 g/mol. The van der Waals surface area contributed by atoms with Gasteiger partial charge in [-0.1, -0.05) is 232 Å². The van der Waals surface area contributed by atoms with E-state index in [-0.39, 0.29) is 32.3 Å². The van der Waals surface area contributed by atoms with Crippen LogP contribution >= 0.6 is 7.82 Å². The van der Waals surface area contributed by atoms with Gasteiger partial charge >= 0.3 is 13.8 Å². The second-order valence-corrected chi connectivity index (χ2v) is 18.2. The minimum atomic E-state index is -4.29. The van der Waals surface area contributed by atoms with Gasteiger partial charge in [0.2, 0.25) is 0 Å². The Hall–Kier alpha value is -0.920. The normalized spacial score (nSPS) is 13.3. The second kappa shape index (κ2) is 46.2. The van der Waals surface area contributed by atoms with E-state index in [1.54, 1.807) is 6.26 Å².